The molecule has 144 valence electrons. The van der Waals surface area contributed by atoms with Gasteiger partial charge in [-0.05, 0) is 5.57 Å². The third kappa shape index (κ3) is 5.38. The number of fused-ring (bicyclic) bond motifs is 1. The van der Waals surface area contributed by atoms with Crippen molar-refractivity contribution in [2.24, 2.45) is 0 Å². The quantitative estimate of drug-likeness (QED) is 0.241. The van der Waals surface area contributed by atoms with Crippen LogP contribution >= 0.6 is 7.60 Å². The molecule has 0 radical (unpaired) electrons. The van der Waals surface area contributed by atoms with Crippen molar-refractivity contribution in [3.63, 3.8) is 0 Å². The van der Waals surface area contributed by atoms with E-state index in [2.05, 4.69) is 21.5 Å². The lowest BCUT2D eigenvalue weighted by molar-refractivity contribution is 0.141. The van der Waals surface area contributed by atoms with Crippen molar-refractivity contribution in [3.05, 3.63) is 12.2 Å². The van der Waals surface area contributed by atoms with Gasteiger partial charge in [-0.2, -0.15) is 15.0 Å². The lowest BCUT2D eigenvalue weighted by Crippen LogP contribution is -2.10. The van der Waals surface area contributed by atoms with E-state index in [1.54, 1.807) is 0 Å². The lowest BCUT2D eigenvalue weighted by Gasteiger charge is -2.10. The normalized spacial score (nSPS) is 11.8. The molecule has 0 saturated carbocycles. The molecule has 12 nitrogen and oxygen atoms in total. The van der Waals surface area contributed by atoms with Gasteiger partial charge in [-0.25, -0.2) is 0 Å². The molecule has 0 atom stereocenters. The summed E-state index contributed by atoms with van der Waals surface area (Å²) in [7, 11) is -2.74. The molecule has 0 bridgehead atoms. The second kappa shape index (κ2) is 8.43. The topological polar surface area (TPSA) is 175 Å². The fourth-order valence-corrected chi connectivity index (χ4v) is 2.32. The van der Waals surface area contributed by atoms with Crippen LogP contribution in [0.5, 0.6) is 12.0 Å². The summed E-state index contributed by atoms with van der Waals surface area (Å²) in [5, 5.41) is 10.0. The van der Waals surface area contributed by atoms with E-state index in [9.17, 15) is 9.67 Å². The molecule has 2 aromatic heterocycles. The Kier molecular flexibility index (Phi) is 6.51. The van der Waals surface area contributed by atoms with Crippen LogP contribution in [-0.4, -0.2) is 67.7 Å². The van der Waals surface area contributed by atoms with Crippen LogP contribution in [0.15, 0.2) is 12.2 Å². The molecule has 2 heterocycles. The highest BCUT2D eigenvalue weighted by Gasteiger charge is 2.18. The summed E-state index contributed by atoms with van der Waals surface area (Å²) in [4.78, 5) is 29.6. The highest BCUT2D eigenvalue weighted by atomic mass is 31.2. The second-order valence-corrected chi connectivity index (χ2v) is 6.88. The van der Waals surface area contributed by atoms with Gasteiger partial charge >= 0.3 is 13.6 Å². The zero-order chi connectivity index (χ0) is 19.3. The summed E-state index contributed by atoms with van der Waals surface area (Å²) in [6.07, 6.45) is -0.727. The number of nitrogens with two attached hydrogens (primary N) is 1. The standard InChI is InChI=1S/C13H20N5O7P/c1-8(6-24-7-26(20,21)22)5-18-11-9(15-13(18)19)10(14)16-12(17-11)25-4-3-23-2/h1,3-7H2,2H3,(H,15,19)(H2,14,16,17)(H2,20,21,22). The number of hydrogen-bond donors (Lipinski definition) is 4. The van der Waals surface area contributed by atoms with Crippen molar-refractivity contribution >= 4 is 24.6 Å². The maximum absolute atomic E-state index is 10.8. The lowest BCUT2D eigenvalue weighted by atomic mass is 10.3. The number of ether oxygens (including phenoxy) is 3. The Morgan fingerprint density at radius 2 is 2.04 bits per heavy atom. The Bertz CT molecular complexity index is 834. The van der Waals surface area contributed by atoms with Crippen molar-refractivity contribution in [1.29, 1.82) is 0 Å². The highest BCUT2D eigenvalue weighted by Crippen LogP contribution is 2.34. The van der Waals surface area contributed by atoms with Crippen molar-refractivity contribution in [2.45, 2.75) is 6.54 Å². The molecule has 0 unspecified atom stereocenters. The van der Waals surface area contributed by atoms with Crippen LogP contribution in [-0.2, 0) is 20.6 Å². The molecule has 5 N–H and O–H groups in total. The molecule has 2 rings (SSSR count). The van der Waals surface area contributed by atoms with Crippen LogP contribution in [0.4, 0.5) is 5.82 Å². The first-order valence-corrected chi connectivity index (χ1v) is 9.14. The number of nitrogen functional groups attached to an aromatic ring is 1. The molecular formula is C13H20N5O7P. The van der Waals surface area contributed by atoms with Gasteiger partial charge in [0.2, 0.25) is 0 Å². The van der Waals surface area contributed by atoms with E-state index < -0.39 is 13.9 Å². The fourth-order valence-electron chi connectivity index (χ4n) is 1.99. The minimum Gasteiger partial charge on any atom is -0.480 e. The number of rotatable bonds is 10. The maximum Gasteiger partial charge on any atom is 0.350 e. The molecule has 0 aromatic carbocycles. The summed E-state index contributed by atoms with van der Waals surface area (Å²) < 4.78 is 27.2. The minimum absolute atomic E-state index is 0.00318. The molecule has 0 spiro atoms. The number of nitrogens with zero attached hydrogens (tertiary/aromatic N) is 4. The number of hydrogen-bond acceptors (Lipinski definition) is 9. The molecule has 13 heteroatoms. The largest absolute Gasteiger partial charge is 0.480 e. The van der Waals surface area contributed by atoms with Crippen LogP contribution in [0, 0.1) is 0 Å². The summed E-state index contributed by atoms with van der Waals surface area (Å²) in [6, 6.07) is -0.372. The predicted octanol–water partition coefficient (Wildman–Crippen LogP) is -0.153. The molecule has 0 fully saturated rings. The summed E-state index contributed by atoms with van der Waals surface area (Å²) in [6.45, 7) is 4.20. The molecule has 0 saturated heterocycles. The number of aromatic hydroxyl groups is 1. The first kappa shape index (κ1) is 20.1. The van der Waals surface area contributed by atoms with Gasteiger partial charge in [-0.15, -0.1) is 0 Å². The Morgan fingerprint density at radius 1 is 1.31 bits per heavy atom. The van der Waals surface area contributed by atoms with E-state index in [0.717, 1.165) is 0 Å². The van der Waals surface area contributed by atoms with Gasteiger partial charge in [0, 0.05) is 7.11 Å². The van der Waals surface area contributed by atoms with E-state index in [1.807, 2.05) is 0 Å². The summed E-state index contributed by atoms with van der Waals surface area (Å²) in [5.41, 5.74) is 6.65. The van der Waals surface area contributed by atoms with Gasteiger partial charge in [0.05, 0.1) is 19.8 Å². The van der Waals surface area contributed by atoms with Crippen LogP contribution in [0.2, 0.25) is 0 Å². The zero-order valence-corrected chi connectivity index (χ0v) is 14.9. The van der Waals surface area contributed by atoms with E-state index in [0.29, 0.717) is 12.2 Å². The average molecular weight is 389 g/mol. The Morgan fingerprint density at radius 3 is 2.69 bits per heavy atom. The molecule has 0 amide bonds. The van der Waals surface area contributed by atoms with Gasteiger partial charge in [0.25, 0.3) is 6.01 Å². The van der Waals surface area contributed by atoms with Crippen molar-refractivity contribution < 1.29 is 33.7 Å². The summed E-state index contributed by atoms with van der Waals surface area (Å²) >= 11 is 0. The minimum atomic E-state index is -4.26. The zero-order valence-electron chi connectivity index (χ0n) is 14.0. The van der Waals surface area contributed by atoms with E-state index in [-0.39, 0.29) is 48.8 Å². The molecular weight excluding hydrogens is 369 g/mol. The number of aromatic nitrogens is 4. The second-order valence-electron chi connectivity index (χ2n) is 5.30. The average Bonchev–Trinajstić information content (AvgIpc) is 2.83. The highest BCUT2D eigenvalue weighted by molar-refractivity contribution is 7.51. The van der Waals surface area contributed by atoms with Crippen LogP contribution in [0.3, 0.4) is 0 Å². The molecule has 0 aliphatic rings. The first-order chi connectivity index (χ1) is 12.2. The van der Waals surface area contributed by atoms with E-state index in [4.69, 9.17) is 29.7 Å². The molecule has 0 aliphatic carbocycles. The maximum atomic E-state index is 10.8. The third-order valence-electron chi connectivity index (χ3n) is 3.05. The molecule has 26 heavy (non-hydrogen) atoms. The predicted molar refractivity (Wildman–Crippen MR) is 90.8 cm³/mol. The summed E-state index contributed by atoms with van der Waals surface area (Å²) in [5.74, 6) is 0.0276. The van der Waals surface area contributed by atoms with Crippen molar-refractivity contribution in [2.75, 3.05) is 39.0 Å². The van der Waals surface area contributed by atoms with Gasteiger partial charge in [-0.1, -0.05) is 6.58 Å². The van der Waals surface area contributed by atoms with Crippen LogP contribution < -0.4 is 10.5 Å². The smallest absolute Gasteiger partial charge is 0.350 e. The van der Waals surface area contributed by atoms with E-state index >= 15 is 0 Å². The fraction of sp³-hybridized carbons (Fsp3) is 0.462. The Labute approximate surface area is 148 Å². The van der Waals surface area contributed by atoms with Crippen LogP contribution in [0.1, 0.15) is 0 Å². The monoisotopic (exact) mass is 389 g/mol. The van der Waals surface area contributed by atoms with Gasteiger partial charge in [0.1, 0.15) is 13.0 Å². The third-order valence-corrected chi connectivity index (χ3v) is 3.57. The first-order valence-electron chi connectivity index (χ1n) is 7.34. The van der Waals surface area contributed by atoms with Gasteiger partial charge < -0.3 is 34.8 Å². The van der Waals surface area contributed by atoms with Crippen molar-refractivity contribution in [3.8, 4) is 12.0 Å². The van der Waals surface area contributed by atoms with Crippen molar-refractivity contribution in [1.82, 2.24) is 19.5 Å². The Hall–Kier alpha value is -2.24. The number of anilines is 1. The van der Waals surface area contributed by atoms with E-state index in [1.165, 1.54) is 11.7 Å². The van der Waals surface area contributed by atoms with Gasteiger partial charge in [-0.3, -0.25) is 9.13 Å². The molecule has 2 aromatic rings. The van der Waals surface area contributed by atoms with Gasteiger partial charge in [0.15, 0.2) is 17.0 Å². The Balaban J connectivity index is 2.16. The number of imidazole rings is 1. The number of methoxy groups -OCH3 is 1. The van der Waals surface area contributed by atoms with Crippen LogP contribution in [0.25, 0.3) is 11.2 Å². The molecule has 0 aliphatic heterocycles. The SMILES string of the molecule is C=C(COCP(=O)(O)O)Cn1c(O)nc2c(N)nc(OCCOC)nc21.